The zero-order chi connectivity index (χ0) is 23.5. The minimum Gasteiger partial charge on any atom is -0.494 e. The molecule has 4 heterocycles. The Balaban J connectivity index is 1.12. The van der Waals surface area contributed by atoms with Crippen molar-refractivity contribution in [3.63, 3.8) is 0 Å². The van der Waals surface area contributed by atoms with Crippen LogP contribution in [-0.2, 0) is 0 Å². The number of ether oxygens (including phenoxy) is 3. The number of nitrogens with one attached hydrogen (secondary N) is 1. The topological polar surface area (TPSA) is 73.2 Å². The highest BCUT2D eigenvalue weighted by Crippen LogP contribution is 2.34. The van der Waals surface area contributed by atoms with Crippen molar-refractivity contribution in [2.24, 2.45) is 0 Å². The quantitative estimate of drug-likeness (QED) is 0.371. The van der Waals surface area contributed by atoms with Gasteiger partial charge in [-0.3, -0.25) is 0 Å². The molecule has 2 aliphatic rings. The van der Waals surface area contributed by atoms with Gasteiger partial charge in [0.25, 0.3) is 0 Å². The predicted molar refractivity (Wildman–Crippen MR) is 135 cm³/mol. The molecule has 0 atom stereocenters. The van der Waals surface area contributed by atoms with Gasteiger partial charge in [0.05, 0.1) is 12.3 Å². The maximum absolute atomic E-state index is 5.91. The van der Waals surface area contributed by atoms with Crippen molar-refractivity contribution in [3.8, 4) is 28.5 Å². The fraction of sp³-hybridized carbons (Fsp3) is 0.333. The molecular formula is C27H29N5O3. The van der Waals surface area contributed by atoms with Gasteiger partial charge in [-0.2, -0.15) is 4.98 Å². The van der Waals surface area contributed by atoms with E-state index in [2.05, 4.69) is 15.2 Å². The molecule has 6 rings (SSSR count). The third-order valence-corrected chi connectivity index (χ3v) is 6.39. The van der Waals surface area contributed by atoms with Crippen molar-refractivity contribution in [1.82, 2.24) is 19.5 Å². The Morgan fingerprint density at radius 1 is 0.914 bits per heavy atom. The Labute approximate surface area is 204 Å². The van der Waals surface area contributed by atoms with E-state index in [9.17, 15) is 0 Å². The van der Waals surface area contributed by atoms with E-state index >= 15 is 0 Å². The van der Waals surface area contributed by atoms with Crippen LogP contribution in [0.15, 0.2) is 60.7 Å². The molecule has 0 unspecified atom stereocenters. The monoisotopic (exact) mass is 471 g/mol. The molecule has 0 spiro atoms. The molecule has 2 aromatic carbocycles. The average molecular weight is 472 g/mol. The molecule has 2 aliphatic heterocycles. The molecule has 0 radical (unpaired) electrons. The first-order valence-electron chi connectivity index (χ1n) is 12.3. The highest BCUT2D eigenvalue weighted by molar-refractivity contribution is 5.68. The van der Waals surface area contributed by atoms with Gasteiger partial charge >= 0.3 is 0 Å². The minimum absolute atomic E-state index is 0.536. The standard InChI is InChI=1S/C27H29N5O3/c1-2-14-31(13-1)15-4-16-33-22-10-8-21(9-11-22)28-27-29-26-6-3-5-23(32(26)30-27)20-7-12-24-25(19-20)35-18-17-34-24/h3,5-12,19H,1-2,4,13-18H2,(H,28,30). The Morgan fingerprint density at radius 2 is 1.74 bits per heavy atom. The maximum Gasteiger partial charge on any atom is 0.247 e. The number of hydrogen-bond donors (Lipinski definition) is 1. The number of benzene rings is 2. The lowest BCUT2D eigenvalue weighted by atomic mass is 10.1. The summed E-state index contributed by atoms with van der Waals surface area (Å²) in [6.45, 7) is 5.45. The van der Waals surface area contributed by atoms with Gasteiger partial charge in [0, 0.05) is 17.8 Å². The summed E-state index contributed by atoms with van der Waals surface area (Å²) in [6, 6.07) is 19.8. The van der Waals surface area contributed by atoms with Crippen molar-refractivity contribution in [1.29, 1.82) is 0 Å². The van der Waals surface area contributed by atoms with Crippen LogP contribution in [0.2, 0.25) is 0 Å². The van der Waals surface area contributed by atoms with Crippen molar-refractivity contribution in [2.75, 3.05) is 44.8 Å². The van der Waals surface area contributed by atoms with E-state index in [0.717, 1.165) is 59.4 Å². The second-order valence-corrected chi connectivity index (χ2v) is 8.88. The number of aromatic nitrogens is 3. The van der Waals surface area contributed by atoms with Crippen molar-refractivity contribution in [2.45, 2.75) is 19.3 Å². The molecule has 8 nitrogen and oxygen atoms in total. The molecule has 0 saturated carbocycles. The van der Waals surface area contributed by atoms with Crippen molar-refractivity contribution >= 4 is 17.3 Å². The third-order valence-electron chi connectivity index (χ3n) is 6.39. The lowest BCUT2D eigenvalue weighted by molar-refractivity contribution is 0.171. The number of pyridine rings is 1. The Morgan fingerprint density at radius 3 is 2.60 bits per heavy atom. The smallest absolute Gasteiger partial charge is 0.247 e. The molecule has 8 heteroatoms. The Kier molecular flexibility index (Phi) is 6.11. The van der Waals surface area contributed by atoms with E-state index in [1.54, 1.807) is 0 Å². The summed E-state index contributed by atoms with van der Waals surface area (Å²) < 4.78 is 19.2. The molecule has 1 N–H and O–H groups in total. The molecule has 2 aromatic heterocycles. The zero-order valence-electron chi connectivity index (χ0n) is 19.7. The van der Waals surface area contributed by atoms with Gasteiger partial charge in [0.15, 0.2) is 17.1 Å². The minimum atomic E-state index is 0.536. The molecule has 180 valence electrons. The number of anilines is 2. The van der Waals surface area contributed by atoms with Crippen molar-refractivity contribution < 1.29 is 14.2 Å². The van der Waals surface area contributed by atoms with E-state index in [1.807, 2.05) is 65.2 Å². The van der Waals surface area contributed by atoms with Crippen LogP contribution in [0.5, 0.6) is 17.2 Å². The Bertz CT molecular complexity index is 1300. The fourth-order valence-corrected chi connectivity index (χ4v) is 4.63. The van der Waals surface area contributed by atoms with Gasteiger partial charge in [-0.15, -0.1) is 5.10 Å². The summed E-state index contributed by atoms with van der Waals surface area (Å²) in [5, 5.41) is 8.01. The molecule has 0 aliphatic carbocycles. The molecule has 1 saturated heterocycles. The van der Waals surface area contributed by atoms with Gasteiger partial charge in [-0.05, 0) is 86.9 Å². The maximum atomic E-state index is 5.91. The van der Waals surface area contributed by atoms with Gasteiger partial charge in [-0.25, -0.2) is 4.52 Å². The normalized spacial score (nSPS) is 15.4. The first kappa shape index (κ1) is 21.7. The van der Waals surface area contributed by atoms with Crippen LogP contribution in [-0.4, -0.2) is 59.0 Å². The van der Waals surface area contributed by atoms with Crippen LogP contribution in [0.4, 0.5) is 11.6 Å². The van der Waals surface area contributed by atoms with E-state index in [0.29, 0.717) is 19.2 Å². The van der Waals surface area contributed by atoms with Crippen molar-refractivity contribution in [3.05, 3.63) is 60.7 Å². The second-order valence-electron chi connectivity index (χ2n) is 8.88. The van der Waals surface area contributed by atoms with Crippen LogP contribution in [0.1, 0.15) is 19.3 Å². The predicted octanol–water partition coefficient (Wildman–Crippen LogP) is 4.78. The van der Waals surface area contributed by atoms with E-state index < -0.39 is 0 Å². The van der Waals surface area contributed by atoms with Gasteiger partial charge < -0.3 is 24.4 Å². The van der Waals surface area contributed by atoms with Crippen LogP contribution in [0.25, 0.3) is 16.9 Å². The number of nitrogens with zero attached hydrogens (tertiary/aromatic N) is 4. The van der Waals surface area contributed by atoms with Crippen LogP contribution < -0.4 is 19.5 Å². The van der Waals surface area contributed by atoms with E-state index in [1.165, 1.54) is 25.9 Å². The van der Waals surface area contributed by atoms with Gasteiger partial charge in [0.2, 0.25) is 5.95 Å². The Hall–Kier alpha value is -3.78. The molecule has 1 fully saturated rings. The van der Waals surface area contributed by atoms with E-state index in [-0.39, 0.29) is 0 Å². The van der Waals surface area contributed by atoms with Crippen LogP contribution >= 0.6 is 0 Å². The third kappa shape index (κ3) is 4.88. The number of rotatable bonds is 8. The summed E-state index contributed by atoms with van der Waals surface area (Å²) in [5.41, 5.74) is 3.59. The molecule has 35 heavy (non-hydrogen) atoms. The molecule has 4 aromatic rings. The second kappa shape index (κ2) is 9.84. The van der Waals surface area contributed by atoms with Crippen LogP contribution in [0, 0.1) is 0 Å². The molecule has 0 amide bonds. The number of likely N-dealkylation sites (tertiary alicyclic amines) is 1. The molecule has 0 bridgehead atoms. The van der Waals surface area contributed by atoms with Gasteiger partial charge in [0.1, 0.15) is 19.0 Å². The summed E-state index contributed by atoms with van der Waals surface area (Å²) in [4.78, 5) is 7.16. The SMILES string of the molecule is c1cc(-c2ccc3c(c2)OCCO3)n2nc(Nc3ccc(OCCCN4CCCC4)cc3)nc2c1. The first-order valence-corrected chi connectivity index (χ1v) is 12.3. The fourth-order valence-electron chi connectivity index (χ4n) is 4.63. The lowest BCUT2D eigenvalue weighted by Gasteiger charge is -2.19. The van der Waals surface area contributed by atoms with E-state index in [4.69, 9.17) is 19.3 Å². The number of fused-ring (bicyclic) bond motifs is 2. The largest absolute Gasteiger partial charge is 0.494 e. The average Bonchev–Trinajstić information content (AvgIpc) is 3.57. The number of hydrogen-bond acceptors (Lipinski definition) is 7. The zero-order valence-corrected chi connectivity index (χ0v) is 19.7. The summed E-state index contributed by atoms with van der Waals surface area (Å²) >= 11 is 0. The summed E-state index contributed by atoms with van der Waals surface area (Å²) in [5.74, 6) is 2.94. The highest BCUT2D eigenvalue weighted by atomic mass is 16.6. The molecular weight excluding hydrogens is 442 g/mol. The van der Waals surface area contributed by atoms with Crippen LogP contribution in [0.3, 0.4) is 0 Å². The summed E-state index contributed by atoms with van der Waals surface area (Å²) in [6.07, 6.45) is 3.71. The first-order chi connectivity index (χ1) is 17.3. The highest BCUT2D eigenvalue weighted by Gasteiger charge is 2.15. The summed E-state index contributed by atoms with van der Waals surface area (Å²) in [7, 11) is 0. The van der Waals surface area contributed by atoms with Gasteiger partial charge in [-0.1, -0.05) is 6.07 Å². The lowest BCUT2D eigenvalue weighted by Crippen LogP contribution is -2.21.